The monoisotopic (exact) mass is 210 g/mol. The van der Waals surface area contributed by atoms with Crippen molar-refractivity contribution in [1.82, 2.24) is 0 Å². The third kappa shape index (κ3) is 2.16. The highest BCUT2D eigenvalue weighted by Gasteiger charge is 2.16. The van der Waals surface area contributed by atoms with E-state index in [1.165, 1.54) is 18.1 Å². The van der Waals surface area contributed by atoms with E-state index in [4.69, 9.17) is 11.6 Å². The summed E-state index contributed by atoms with van der Waals surface area (Å²) >= 11 is 6.05. The molecule has 0 saturated heterocycles. The highest BCUT2D eigenvalue weighted by atomic mass is 35.5. The van der Waals surface area contributed by atoms with Crippen LogP contribution in [0.3, 0.4) is 0 Å². The van der Waals surface area contributed by atoms with Gasteiger partial charge in [-0.2, -0.15) is 0 Å². The van der Waals surface area contributed by atoms with E-state index in [-0.39, 0.29) is 5.78 Å². The molecule has 0 fully saturated rings. The SMILES string of the molecule is CCc1c(C)cccc1C(Cl)C(C)=O. The van der Waals surface area contributed by atoms with Gasteiger partial charge in [-0.05, 0) is 37.0 Å². The van der Waals surface area contributed by atoms with Gasteiger partial charge in [0.05, 0.1) is 0 Å². The summed E-state index contributed by atoms with van der Waals surface area (Å²) in [6.07, 6.45) is 0.915. The van der Waals surface area contributed by atoms with Crippen molar-refractivity contribution in [2.24, 2.45) is 0 Å². The van der Waals surface area contributed by atoms with Crippen molar-refractivity contribution < 1.29 is 4.79 Å². The summed E-state index contributed by atoms with van der Waals surface area (Å²) < 4.78 is 0. The van der Waals surface area contributed by atoms with Crippen LogP contribution in [0.4, 0.5) is 0 Å². The van der Waals surface area contributed by atoms with Gasteiger partial charge < -0.3 is 0 Å². The minimum absolute atomic E-state index is 0.00645. The number of carbonyl (C=O) groups excluding carboxylic acids is 1. The van der Waals surface area contributed by atoms with Gasteiger partial charge in [-0.15, -0.1) is 11.6 Å². The van der Waals surface area contributed by atoms with Crippen molar-refractivity contribution in [3.05, 3.63) is 34.9 Å². The number of carbonyl (C=O) groups is 1. The maximum absolute atomic E-state index is 11.2. The van der Waals surface area contributed by atoms with Crippen LogP contribution in [0.25, 0.3) is 0 Å². The van der Waals surface area contributed by atoms with Gasteiger partial charge in [-0.1, -0.05) is 25.1 Å². The molecule has 0 bridgehead atoms. The Balaban J connectivity index is 3.20. The largest absolute Gasteiger partial charge is 0.298 e. The zero-order valence-electron chi connectivity index (χ0n) is 8.80. The zero-order valence-corrected chi connectivity index (χ0v) is 9.56. The highest BCUT2D eigenvalue weighted by molar-refractivity contribution is 6.30. The molecule has 0 aliphatic carbocycles. The Morgan fingerprint density at radius 1 is 1.50 bits per heavy atom. The van der Waals surface area contributed by atoms with Crippen LogP contribution in [-0.4, -0.2) is 5.78 Å². The molecule has 0 spiro atoms. The van der Waals surface area contributed by atoms with E-state index in [0.717, 1.165) is 12.0 Å². The summed E-state index contributed by atoms with van der Waals surface area (Å²) in [6, 6.07) is 5.93. The van der Waals surface area contributed by atoms with Gasteiger partial charge in [0.15, 0.2) is 5.78 Å². The maximum Gasteiger partial charge on any atom is 0.152 e. The zero-order chi connectivity index (χ0) is 10.7. The summed E-state index contributed by atoms with van der Waals surface area (Å²) in [5.41, 5.74) is 3.36. The lowest BCUT2D eigenvalue weighted by molar-refractivity contribution is -0.116. The Hall–Kier alpha value is -0.820. The van der Waals surface area contributed by atoms with Gasteiger partial charge in [-0.3, -0.25) is 4.79 Å². The molecule has 1 aromatic rings. The first-order valence-electron chi connectivity index (χ1n) is 4.80. The van der Waals surface area contributed by atoms with Gasteiger partial charge in [0.1, 0.15) is 5.38 Å². The average Bonchev–Trinajstić information content (AvgIpc) is 2.16. The van der Waals surface area contributed by atoms with E-state index in [9.17, 15) is 4.79 Å². The quantitative estimate of drug-likeness (QED) is 0.699. The predicted molar refractivity (Wildman–Crippen MR) is 59.8 cm³/mol. The van der Waals surface area contributed by atoms with E-state index < -0.39 is 5.38 Å². The molecular weight excluding hydrogens is 196 g/mol. The number of hydrogen-bond acceptors (Lipinski definition) is 1. The molecule has 1 unspecified atom stereocenters. The third-order valence-corrected chi connectivity index (χ3v) is 2.97. The Bertz CT molecular complexity index is 344. The number of Topliss-reactive ketones (excluding diaryl/α,β-unsaturated/α-hetero) is 1. The molecule has 1 aromatic carbocycles. The highest BCUT2D eigenvalue weighted by Crippen LogP contribution is 2.27. The summed E-state index contributed by atoms with van der Waals surface area (Å²) in [5.74, 6) is 0.00645. The fourth-order valence-corrected chi connectivity index (χ4v) is 1.87. The number of benzene rings is 1. The van der Waals surface area contributed by atoms with Crippen LogP contribution < -0.4 is 0 Å². The molecular formula is C12H15ClO. The molecule has 0 radical (unpaired) electrons. The molecule has 14 heavy (non-hydrogen) atoms. The number of ketones is 1. The topological polar surface area (TPSA) is 17.1 Å². The van der Waals surface area contributed by atoms with Crippen molar-refractivity contribution in [1.29, 1.82) is 0 Å². The van der Waals surface area contributed by atoms with E-state index in [1.807, 2.05) is 25.1 Å². The van der Waals surface area contributed by atoms with Gasteiger partial charge in [-0.25, -0.2) is 0 Å². The van der Waals surface area contributed by atoms with Crippen LogP contribution in [0.15, 0.2) is 18.2 Å². The second-order valence-electron chi connectivity index (χ2n) is 3.47. The van der Waals surface area contributed by atoms with E-state index in [1.54, 1.807) is 0 Å². The second-order valence-corrected chi connectivity index (χ2v) is 3.91. The van der Waals surface area contributed by atoms with Crippen LogP contribution in [0.1, 0.15) is 35.9 Å². The number of alkyl halides is 1. The predicted octanol–water partition coefficient (Wildman–Crippen LogP) is 3.43. The Morgan fingerprint density at radius 2 is 2.14 bits per heavy atom. The molecule has 1 rings (SSSR count). The van der Waals surface area contributed by atoms with Gasteiger partial charge in [0.2, 0.25) is 0 Å². The molecule has 0 aliphatic rings. The first kappa shape index (κ1) is 11.3. The molecule has 1 nitrogen and oxygen atoms in total. The van der Waals surface area contributed by atoms with Crippen molar-refractivity contribution in [2.45, 2.75) is 32.6 Å². The number of hydrogen-bond donors (Lipinski definition) is 0. The van der Waals surface area contributed by atoms with Gasteiger partial charge in [0.25, 0.3) is 0 Å². The molecule has 0 aliphatic heterocycles. The minimum Gasteiger partial charge on any atom is -0.298 e. The Labute approximate surface area is 90.1 Å². The molecule has 0 aromatic heterocycles. The molecule has 1 atom stereocenters. The molecule has 2 heteroatoms. The lowest BCUT2D eigenvalue weighted by Crippen LogP contribution is -2.06. The fourth-order valence-electron chi connectivity index (χ4n) is 1.66. The van der Waals surface area contributed by atoms with Crippen molar-refractivity contribution in [2.75, 3.05) is 0 Å². The minimum atomic E-state index is -0.496. The van der Waals surface area contributed by atoms with E-state index >= 15 is 0 Å². The Morgan fingerprint density at radius 3 is 2.64 bits per heavy atom. The summed E-state index contributed by atoms with van der Waals surface area (Å²) in [5, 5.41) is -0.496. The molecule has 0 N–H and O–H groups in total. The van der Waals surface area contributed by atoms with E-state index in [2.05, 4.69) is 6.92 Å². The first-order valence-corrected chi connectivity index (χ1v) is 5.24. The summed E-state index contributed by atoms with van der Waals surface area (Å²) in [6.45, 7) is 5.65. The van der Waals surface area contributed by atoms with Crippen molar-refractivity contribution in [3.8, 4) is 0 Å². The molecule has 0 heterocycles. The van der Waals surface area contributed by atoms with Crippen LogP contribution in [-0.2, 0) is 11.2 Å². The molecule has 0 saturated carbocycles. The molecule has 0 amide bonds. The van der Waals surface area contributed by atoms with Crippen LogP contribution in [0.5, 0.6) is 0 Å². The second kappa shape index (κ2) is 4.61. The van der Waals surface area contributed by atoms with Gasteiger partial charge in [0, 0.05) is 0 Å². The average molecular weight is 211 g/mol. The normalized spacial score (nSPS) is 12.6. The number of aryl methyl sites for hydroxylation is 1. The molecule has 76 valence electrons. The lowest BCUT2D eigenvalue weighted by Gasteiger charge is -2.13. The smallest absolute Gasteiger partial charge is 0.152 e. The Kier molecular flexibility index (Phi) is 3.70. The lowest BCUT2D eigenvalue weighted by atomic mass is 9.96. The van der Waals surface area contributed by atoms with Crippen LogP contribution in [0, 0.1) is 6.92 Å². The van der Waals surface area contributed by atoms with Crippen molar-refractivity contribution in [3.63, 3.8) is 0 Å². The first-order chi connectivity index (χ1) is 6.57. The van der Waals surface area contributed by atoms with E-state index in [0.29, 0.717) is 0 Å². The summed E-state index contributed by atoms with van der Waals surface area (Å²) in [7, 11) is 0. The summed E-state index contributed by atoms with van der Waals surface area (Å²) in [4.78, 5) is 11.2. The third-order valence-electron chi connectivity index (χ3n) is 2.43. The number of halogens is 1. The van der Waals surface area contributed by atoms with Gasteiger partial charge >= 0.3 is 0 Å². The van der Waals surface area contributed by atoms with Crippen LogP contribution >= 0.6 is 11.6 Å². The standard InChI is InChI=1S/C12H15ClO/c1-4-10-8(2)6-5-7-11(10)12(13)9(3)14/h5-7,12H,4H2,1-3H3. The van der Waals surface area contributed by atoms with Crippen molar-refractivity contribution >= 4 is 17.4 Å². The van der Waals surface area contributed by atoms with Crippen LogP contribution in [0.2, 0.25) is 0 Å². The maximum atomic E-state index is 11.2. The fraction of sp³-hybridized carbons (Fsp3) is 0.417. The number of rotatable bonds is 3.